The van der Waals surface area contributed by atoms with Gasteiger partial charge in [-0.3, -0.25) is 4.79 Å². The number of methoxy groups -OCH3 is 1. The highest BCUT2D eigenvalue weighted by atomic mass is 19.1. The number of halogens is 1. The van der Waals surface area contributed by atoms with E-state index in [0.717, 1.165) is 32.5 Å². The number of rotatable bonds is 9. The fraction of sp³-hybridized carbons (Fsp3) is 0.533. The third-order valence-electron chi connectivity index (χ3n) is 3.10. The second-order valence-corrected chi connectivity index (χ2v) is 5.04. The van der Waals surface area contributed by atoms with E-state index in [1.807, 2.05) is 7.05 Å². The number of nitrogens with zero attached hydrogens (tertiary/aromatic N) is 1. The van der Waals surface area contributed by atoms with Gasteiger partial charge in [0.1, 0.15) is 5.82 Å². The van der Waals surface area contributed by atoms with Crippen LogP contribution in [0.25, 0.3) is 0 Å². The predicted octanol–water partition coefficient (Wildman–Crippen LogP) is 2.09. The monoisotopic (exact) mass is 297 g/mol. The van der Waals surface area contributed by atoms with Crippen molar-refractivity contribution >= 4 is 17.3 Å². The van der Waals surface area contributed by atoms with Crippen LogP contribution in [0.15, 0.2) is 18.2 Å². The molecule has 5 nitrogen and oxygen atoms in total. The molecule has 1 amide bonds. The van der Waals surface area contributed by atoms with Crippen LogP contribution in [0.4, 0.5) is 15.8 Å². The van der Waals surface area contributed by atoms with E-state index in [9.17, 15) is 9.18 Å². The van der Waals surface area contributed by atoms with E-state index < -0.39 is 5.82 Å². The number of hydrogen-bond acceptors (Lipinski definition) is 4. The number of hydrogen-bond donors (Lipinski definition) is 2. The first kappa shape index (κ1) is 17.4. The number of ether oxygens (including phenoxy) is 1. The van der Waals surface area contributed by atoms with Crippen molar-refractivity contribution in [2.24, 2.45) is 0 Å². The summed E-state index contributed by atoms with van der Waals surface area (Å²) in [5.41, 5.74) is 6.12. The molecule has 118 valence electrons. The minimum atomic E-state index is -0.478. The first-order valence-corrected chi connectivity index (χ1v) is 7.05. The van der Waals surface area contributed by atoms with Crippen LogP contribution < -0.4 is 11.1 Å². The number of nitrogens with two attached hydrogens (primary N) is 1. The highest BCUT2D eigenvalue weighted by Crippen LogP contribution is 2.17. The van der Waals surface area contributed by atoms with E-state index in [4.69, 9.17) is 10.5 Å². The number of amides is 1. The van der Waals surface area contributed by atoms with Gasteiger partial charge in [-0.2, -0.15) is 0 Å². The van der Waals surface area contributed by atoms with Gasteiger partial charge in [0.15, 0.2) is 0 Å². The quantitative estimate of drug-likeness (QED) is 0.541. The van der Waals surface area contributed by atoms with E-state index in [-0.39, 0.29) is 11.6 Å². The Morgan fingerprint density at radius 3 is 2.81 bits per heavy atom. The number of benzene rings is 1. The zero-order valence-corrected chi connectivity index (χ0v) is 12.7. The molecule has 0 saturated carbocycles. The van der Waals surface area contributed by atoms with Gasteiger partial charge in [0, 0.05) is 32.4 Å². The molecular formula is C15H24FN3O2. The standard InChI is InChI=1S/C15H24FN3O2/c1-19(9-4-10-21-2)8-3-5-15(20)18-14-11-12(17)6-7-13(14)16/h6-7,11H,3-5,8-10,17H2,1-2H3,(H,18,20). The van der Waals surface area contributed by atoms with Gasteiger partial charge in [-0.05, 0) is 44.6 Å². The van der Waals surface area contributed by atoms with Crippen LogP contribution >= 0.6 is 0 Å². The molecule has 21 heavy (non-hydrogen) atoms. The van der Waals surface area contributed by atoms with Crippen LogP contribution in [0, 0.1) is 5.82 Å². The smallest absolute Gasteiger partial charge is 0.224 e. The largest absolute Gasteiger partial charge is 0.399 e. The topological polar surface area (TPSA) is 67.6 Å². The summed E-state index contributed by atoms with van der Waals surface area (Å²) in [6.07, 6.45) is 2.04. The lowest BCUT2D eigenvalue weighted by atomic mass is 10.2. The zero-order valence-electron chi connectivity index (χ0n) is 12.7. The number of nitrogen functional groups attached to an aromatic ring is 1. The van der Waals surface area contributed by atoms with Gasteiger partial charge in [0.2, 0.25) is 5.91 Å². The normalized spacial score (nSPS) is 10.9. The number of carbonyl (C=O) groups is 1. The highest BCUT2D eigenvalue weighted by molar-refractivity contribution is 5.91. The predicted molar refractivity (Wildman–Crippen MR) is 82.7 cm³/mol. The summed E-state index contributed by atoms with van der Waals surface area (Å²) in [7, 11) is 3.69. The average molecular weight is 297 g/mol. The Morgan fingerprint density at radius 1 is 1.38 bits per heavy atom. The van der Waals surface area contributed by atoms with E-state index in [1.54, 1.807) is 7.11 Å². The van der Waals surface area contributed by atoms with Crippen molar-refractivity contribution in [3.05, 3.63) is 24.0 Å². The Labute approximate surface area is 125 Å². The second-order valence-electron chi connectivity index (χ2n) is 5.04. The van der Waals surface area contributed by atoms with Crippen LogP contribution in [-0.4, -0.2) is 44.7 Å². The van der Waals surface area contributed by atoms with Crippen molar-refractivity contribution in [1.29, 1.82) is 0 Å². The summed E-state index contributed by atoms with van der Waals surface area (Å²) >= 11 is 0. The summed E-state index contributed by atoms with van der Waals surface area (Å²) in [6, 6.07) is 4.12. The first-order chi connectivity index (χ1) is 10.0. The lowest BCUT2D eigenvalue weighted by molar-refractivity contribution is -0.116. The Bertz CT molecular complexity index is 455. The molecular weight excluding hydrogens is 273 g/mol. The number of nitrogens with one attached hydrogen (secondary N) is 1. The molecule has 0 radical (unpaired) electrons. The van der Waals surface area contributed by atoms with E-state index in [0.29, 0.717) is 12.1 Å². The van der Waals surface area contributed by atoms with Gasteiger partial charge in [-0.15, -0.1) is 0 Å². The van der Waals surface area contributed by atoms with Crippen LogP contribution in [0.3, 0.4) is 0 Å². The Balaban J connectivity index is 2.26. The van der Waals surface area contributed by atoms with Crippen molar-refractivity contribution in [2.45, 2.75) is 19.3 Å². The van der Waals surface area contributed by atoms with Crippen molar-refractivity contribution in [3.63, 3.8) is 0 Å². The third kappa shape index (κ3) is 7.06. The molecule has 0 bridgehead atoms. The SMILES string of the molecule is COCCCN(C)CCCC(=O)Nc1cc(N)ccc1F. The van der Waals surface area contributed by atoms with Crippen molar-refractivity contribution in [1.82, 2.24) is 4.90 Å². The highest BCUT2D eigenvalue weighted by Gasteiger charge is 2.08. The molecule has 1 aromatic rings. The summed E-state index contributed by atoms with van der Waals surface area (Å²) in [5, 5.41) is 2.54. The molecule has 0 fully saturated rings. The summed E-state index contributed by atoms with van der Waals surface area (Å²) in [5.74, 6) is -0.681. The second kappa shape index (κ2) is 9.31. The van der Waals surface area contributed by atoms with Gasteiger partial charge in [-0.1, -0.05) is 0 Å². The lowest BCUT2D eigenvalue weighted by Crippen LogP contribution is -2.23. The molecule has 0 saturated heterocycles. The molecule has 0 aliphatic carbocycles. The fourth-order valence-electron chi connectivity index (χ4n) is 1.95. The van der Waals surface area contributed by atoms with E-state index in [1.165, 1.54) is 18.2 Å². The van der Waals surface area contributed by atoms with Crippen molar-refractivity contribution < 1.29 is 13.9 Å². The van der Waals surface area contributed by atoms with Gasteiger partial charge in [-0.25, -0.2) is 4.39 Å². The fourth-order valence-corrected chi connectivity index (χ4v) is 1.95. The van der Waals surface area contributed by atoms with Gasteiger partial charge < -0.3 is 20.7 Å². The molecule has 1 aromatic carbocycles. The Kier molecular flexibility index (Phi) is 7.71. The van der Waals surface area contributed by atoms with Crippen LogP contribution in [-0.2, 0) is 9.53 Å². The molecule has 0 heterocycles. The van der Waals surface area contributed by atoms with Crippen LogP contribution in [0.1, 0.15) is 19.3 Å². The average Bonchev–Trinajstić information content (AvgIpc) is 2.43. The molecule has 0 unspecified atom stereocenters. The minimum Gasteiger partial charge on any atom is -0.399 e. The first-order valence-electron chi connectivity index (χ1n) is 7.05. The van der Waals surface area contributed by atoms with Crippen molar-refractivity contribution in [2.75, 3.05) is 44.9 Å². The maximum atomic E-state index is 13.5. The van der Waals surface area contributed by atoms with Crippen LogP contribution in [0.5, 0.6) is 0 Å². The molecule has 0 atom stereocenters. The van der Waals surface area contributed by atoms with E-state index >= 15 is 0 Å². The maximum absolute atomic E-state index is 13.5. The Morgan fingerprint density at radius 2 is 2.10 bits per heavy atom. The maximum Gasteiger partial charge on any atom is 0.224 e. The molecule has 3 N–H and O–H groups in total. The summed E-state index contributed by atoms with van der Waals surface area (Å²) in [6.45, 7) is 2.48. The van der Waals surface area contributed by atoms with Crippen molar-refractivity contribution in [3.8, 4) is 0 Å². The van der Waals surface area contributed by atoms with Gasteiger partial charge in [0.25, 0.3) is 0 Å². The van der Waals surface area contributed by atoms with Gasteiger partial charge >= 0.3 is 0 Å². The number of anilines is 2. The molecule has 6 heteroatoms. The summed E-state index contributed by atoms with van der Waals surface area (Å²) < 4.78 is 18.4. The lowest BCUT2D eigenvalue weighted by Gasteiger charge is -2.16. The molecule has 0 spiro atoms. The van der Waals surface area contributed by atoms with Crippen LogP contribution in [0.2, 0.25) is 0 Å². The van der Waals surface area contributed by atoms with Gasteiger partial charge in [0.05, 0.1) is 5.69 Å². The zero-order chi connectivity index (χ0) is 15.7. The molecule has 1 rings (SSSR count). The minimum absolute atomic E-state index is 0.133. The molecule has 0 aliphatic heterocycles. The van der Waals surface area contributed by atoms with E-state index in [2.05, 4.69) is 10.2 Å². The molecule has 0 aromatic heterocycles. The third-order valence-corrected chi connectivity index (χ3v) is 3.10. The molecule has 0 aliphatic rings. The number of carbonyl (C=O) groups excluding carboxylic acids is 1. The Hall–Kier alpha value is -1.66. The summed E-state index contributed by atoms with van der Waals surface area (Å²) in [4.78, 5) is 13.9.